The van der Waals surface area contributed by atoms with Crippen LogP contribution in [0.4, 0.5) is 13.6 Å². The molecule has 1 aromatic carbocycles. The minimum atomic E-state index is -3.71. The Hall–Kier alpha value is -2.71. The van der Waals surface area contributed by atoms with Crippen molar-refractivity contribution < 1.29 is 32.7 Å². The van der Waals surface area contributed by atoms with E-state index in [0.29, 0.717) is 0 Å². The lowest BCUT2D eigenvalue weighted by molar-refractivity contribution is -0.222. The van der Waals surface area contributed by atoms with Gasteiger partial charge < -0.3 is 19.6 Å². The van der Waals surface area contributed by atoms with Crippen molar-refractivity contribution >= 4 is 17.8 Å². The molecule has 7 nitrogen and oxygen atoms in total. The van der Waals surface area contributed by atoms with E-state index in [4.69, 9.17) is 9.57 Å². The van der Waals surface area contributed by atoms with Gasteiger partial charge in [0.05, 0.1) is 25.8 Å². The van der Waals surface area contributed by atoms with E-state index in [-0.39, 0.29) is 12.3 Å². The molecule has 0 bridgehead atoms. The molecule has 0 spiro atoms. The smallest absolute Gasteiger partial charge is 0.407 e. The number of esters is 1. The third kappa shape index (κ3) is 4.35. The first-order chi connectivity index (χ1) is 12.5. The second-order valence-corrected chi connectivity index (χ2v) is 7.04. The zero-order valence-electron chi connectivity index (χ0n) is 15.5. The molecule has 1 aromatic rings. The van der Waals surface area contributed by atoms with Crippen LogP contribution in [0.5, 0.6) is 0 Å². The fraction of sp³-hybridized carbons (Fsp3) is 0.500. The third-order valence-corrected chi connectivity index (χ3v) is 3.78. The van der Waals surface area contributed by atoms with Crippen molar-refractivity contribution in [3.05, 3.63) is 35.9 Å². The average molecular weight is 384 g/mol. The van der Waals surface area contributed by atoms with Crippen LogP contribution in [0.3, 0.4) is 0 Å². The fourth-order valence-corrected chi connectivity index (χ4v) is 2.53. The number of carbonyl (C=O) groups excluding carboxylic acids is 2. The van der Waals surface area contributed by atoms with Gasteiger partial charge in [0, 0.05) is 5.56 Å². The van der Waals surface area contributed by atoms with E-state index in [1.54, 1.807) is 26.8 Å². The molecule has 0 aliphatic carbocycles. The molecule has 0 saturated heterocycles. The Labute approximate surface area is 155 Å². The van der Waals surface area contributed by atoms with E-state index in [1.807, 2.05) is 0 Å². The van der Waals surface area contributed by atoms with E-state index in [1.165, 1.54) is 24.3 Å². The molecule has 1 atom stereocenters. The number of rotatable bonds is 5. The normalized spacial score (nSPS) is 19.7. The van der Waals surface area contributed by atoms with Crippen molar-refractivity contribution in [2.45, 2.75) is 44.3 Å². The first kappa shape index (κ1) is 20.6. The number of methoxy groups -OCH3 is 1. The summed E-state index contributed by atoms with van der Waals surface area (Å²) >= 11 is 0. The van der Waals surface area contributed by atoms with Crippen molar-refractivity contribution in [3.63, 3.8) is 0 Å². The highest BCUT2D eigenvalue weighted by Crippen LogP contribution is 2.46. The Balaban J connectivity index is 2.16. The van der Waals surface area contributed by atoms with Crippen LogP contribution in [0.25, 0.3) is 0 Å². The Morgan fingerprint density at radius 2 is 1.89 bits per heavy atom. The lowest BCUT2D eigenvalue weighted by Gasteiger charge is -2.32. The molecule has 1 aliphatic rings. The highest BCUT2D eigenvalue weighted by atomic mass is 19.3. The summed E-state index contributed by atoms with van der Waals surface area (Å²) in [6.07, 6.45) is -1.28. The van der Waals surface area contributed by atoms with Gasteiger partial charge in [0.15, 0.2) is 0 Å². The number of alkyl halides is 2. The van der Waals surface area contributed by atoms with Crippen LogP contribution >= 0.6 is 0 Å². The van der Waals surface area contributed by atoms with Gasteiger partial charge in [0.2, 0.25) is 0 Å². The lowest BCUT2D eigenvalue weighted by atomic mass is 9.85. The third-order valence-electron chi connectivity index (χ3n) is 3.78. The summed E-state index contributed by atoms with van der Waals surface area (Å²) in [6.45, 7) is 4.85. The topological polar surface area (TPSA) is 86.2 Å². The van der Waals surface area contributed by atoms with Crippen molar-refractivity contribution in [1.29, 1.82) is 0 Å². The molecule has 0 aromatic heterocycles. The molecule has 0 radical (unpaired) electrons. The zero-order chi connectivity index (χ0) is 20.3. The second-order valence-electron chi connectivity index (χ2n) is 7.04. The second kappa shape index (κ2) is 7.50. The van der Waals surface area contributed by atoms with Crippen LogP contribution in [-0.2, 0) is 25.0 Å². The van der Waals surface area contributed by atoms with Crippen molar-refractivity contribution in [2.24, 2.45) is 5.16 Å². The average Bonchev–Trinajstić information content (AvgIpc) is 3.05. The molecule has 1 aliphatic heterocycles. The number of benzene rings is 1. The minimum absolute atomic E-state index is 0.0573. The Morgan fingerprint density at radius 3 is 2.44 bits per heavy atom. The molecule has 1 amide bonds. The van der Waals surface area contributed by atoms with E-state index in [9.17, 15) is 9.59 Å². The van der Waals surface area contributed by atoms with Gasteiger partial charge in [-0.15, -0.1) is 0 Å². The van der Waals surface area contributed by atoms with Crippen LogP contribution in [0.2, 0.25) is 0 Å². The monoisotopic (exact) mass is 384 g/mol. The summed E-state index contributed by atoms with van der Waals surface area (Å²) in [4.78, 5) is 28.9. The quantitative estimate of drug-likeness (QED) is 0.789. The lowest BCUT2D eigenvalue weighted by Crippen LogP contribution is -2.53. The van der Waals surface area contributed by atoms with Crippen LogP contribution in [0.15, 0.2) is 35.5 Å². The zero-order valence-corrected chi connectivity index (χ0v) is 15.5. The highest BCUT2D eigenvalue weighted by Gasteiger charge is 2.66. The van der Waals surface area contributed by atoms with Crippen molar-refractivity contribution in [2.75, 3.05) is 13.7 Å². The fourth-order valence-electron chi connectivity index (χ4n) is 2.53. The summed E-state index contributed by atoms with van der Waals surface area (Å²) in [5.41, 5.74) is -3.71. The summed E-state index contributed by atoms with van der Waals surface area (Å²) in [5, 5.41) is 5.98. The van der Waals surface area contributed by atoms with Gasteiger partial charge in [0.25, 0.3) is 0 Å². The van der Waals surface area contributed by atoms with E-state index in [2.05, 4.69) is 15.2 Å². The van der Waals surface area contributed by atoms with Gasteiger partial charge in [-0.25, -0.2) is 9.59 Å². The Bertz CT molecular complexity index is 731. The first-order valence-electron chi connectivity index (χ1n) is 8.24. The number of hydrogen-bond acceptors (Lipinski definition) is 6. The standard InChI is InChI=1S/C18H22F2N2O5/c1-16(2,3)26-15(24)21-11-13-10-17(27-22-13,14(23)25-4)18(19,20)12-8-6-5-7-9-12/h5-9H,10-11H2,1-4H3,(H,21,24). The number of hydrogen-bond donors (Lipinski definition) is 1. The predicted molar refractivity (Wildman–Crippen MR) is 92.5 cm³/mol. The van der Waals surface area contributed by atoms with Crippen LogP contribution in [-0.4, -0.2) is 42.6 Å². The molecule has 1 heterocycles. The molecular weight excluding hydrogens is 362 g/mol. The summed E-state index contributed by atoms with van der Waals surface area (Å²) in [7, 11) is 0.992. The summed E-state index contributed by atoms with van der Waals surface area (Å²) in [5.74, 6) is -4.97. The molecule has 1 N–H and O–H groups in total. The molecule has 2 rings (SSSR count). The van der Waals surface area contributed by atoms with Crippen molar-refractivity contribution in [1.82, 2.24) is 5.32 Å². The molecular formula is C18H22F2N2O5. The number of carbonyl (C=O) groups is 2. The van der Waals surface area contributed by atoms with Crippen molar-refractivity contribution in [3.8, 4) is 0 Å². The minimum Gasteiger partial charge on any atom is -0.466 e. The van der Waals surface area contributed by atoms with Gasteiger partial charge in [-0.1, -0.05) is 35.5 Å². The summed E-state index contributed by atoms with van der Waals surface area (Å²) < 4.78 is 39.9. The number of ether oxygens (including phenoxy) is 2. The number of alkyl carbamates (subject to hydrolysis) is 1. The predicted octanol–water partition coefficient (Wildman–Crippen LogP) is 2.99. The molecule has 1 unspecified atom stereocenters. The van der Waals surface area contributed by atoms with Crippen LogP contribution < -0.4 is 5.32 Å². The van der Waals surface area contributed by atoms with Gasteiger partial charge in [-0.2, -0.15) is 8.78 Å². The molecule has 0 saturated carbocycles. The maximum atomic E-state index is 15.1. The van der Waals surface area contributed by atoms with Gasteiger partial charge in [0.1, 0.15) is 5.60 Å². The number of amides is 1. The number of halogens is 2. The van der Waals surface area contributed by atoms with Crippen LogP contribution in [0.1, 0.15) is 32.8 Å². The van der Waals surface area contributed by atoms with Gasteiger partial charge in [-0.05, 0) is 20.8 Å². The van der Waals surface area contributed by atoms with Crippen LogP contribution in [0, 0.1) is 0 Å². The number of nitrogens with one attached hydrogen (secondary N) is 1. The van der Waals surface area contributed by atoms with Gasteiger partial charge in [-0.3, -0.25) is 0 Å². The highest BCUT2D eigenvalue weighted by molar-refractivity contribution is 5.96. The largest absolute Gasteiger partial charge is 0.466 e. The maximum Gasteiger partial charge on any atom is 0.407 e. The molecule has 9 heteroatoms. The molecule has 27 heavy (non-hydrogen) atoms. The molecule has 0 fully saturated rings. The van der Waals surface area contributed by atoms with E-state index >= 15 is 8.78 Å². The first-order valence-corrected chi connectivity index (χ1v) is 8.24. The maximum absolute atomic E-state index is 15.1. The summed E-state index contributed by atoms with van der Waals surface area (Å²) in [6, 6.07) is 6.80. The SMILES string of the molecule is COC(=O)C1(C(F)(F)c2ccccc2)CC(CNC(=O)OC(C)(C)C)=NO1. The van der Waals surface area contributed by atoms with E-state index < -0.39 is 41.2 Å². The van der Waals surface area contributed by atoms with Gasteiger partial charge >= 0.3 is 23.6 Å². The number of nitrogens with zero attached hydrogens (tertiary/aromatic N) is 1. The number of oxime groups is 1. The molecule has 148 valence electrons. The Kier molecular flexibility index (Phi) is 5.72. The van der Waals surface area contributed by atoms with E-state index in [0.717, 1.165) is 7.11 Å². The Morgan fingerprint density at radius 1 is 1.26 bits per heavy atom.